The van der Waals surface area contributed by atoms with Crippen molar-refractivity contribution in [3.63, 3.8) is 0 Å². The van der Waals surface area contributed by atoms with E-state index in [1.807, 2.05) is 62.4 Å². The smallest absolute Gasteiger partial charge is 0.239 e. The number of nitrogens with zero attached hydrogens (tertiary/aromatic N) is 1. The quantitative estimate of drug-likeness (QED) is 0.840. The van der Waals surface area contributed by atoms with Crippen LogP contribution in [-0.4, -0.2) is 23.8 Å². The SMILES string of the molecule is Cc1ccc(NC(=O)C(C)(C)C(=O)N(C)Cc2ccccc2)c(C)c1. The maximum Gasteiger partial charge on any atom is 0.239 e. The molecule has 4 nitrogen and oxygen atoms in total. The third kappa shape index (κ3) is 4.47. The van der Waals surface area contributed by atoms with Gasteiger partial charge in [0.05, 0.1) is 0 Å². The lowest BCUT2D eigenvalue weighted by Gasteiger charge is -2.28. The topological polar surface area (TPSA) is 49.4 Å². The van der Waals surface area contributed by atoms with Crippen LogP contribution in [0.2, 0.25) is 0 Å². The highest BCUT2D eigenvalue weighted by Crippen LogP contribution is 2.24. The van der Waals surface area contributed by atoms with Crippen LogP contribution in [0, 0.1) is 19.3 Å². The Labute approximate surface area is 149 Å². The van der Waals surface area contributed by atoms with Crippen LogP contribution >= 0.6 is 0 Å². The second kappa shape index (κ2) is 7.51. The van der Waals surface area contributed by atoms with Crippen LogP contribution in [-0.2, 0) is 16.1 Å². The van der Waals surface area contributed by atoms with Gasteiger partial charge in [-0.2, -0.15) is 0 Å². The zero-order valence-electron chi connectivity index (χ0n) is 15.6. The molecule has 0 aliphatic carbocycles. The first-order chi connectivity index (χ1) is 11.7. The maximum atomic E-state index is 12.8. The number of amides is 2. The van der Waals surface area contributed by atoms with Gasteiger partial charge in [0, 0.05) is 19.3 Å². The summed E-state index contributed by atoms with van der Waals surface area (Å²) >= 11 is 0. The molecule has 0 aliphatic heterocycles. The molecular formula is C21H26N2O2. The molecule has 0 radical (unpaired) electrons. The molecule has 0 saturated heterocycles. The van der Waals surface area contributed by atoms with E-state index in [9.17, 15) is 9.59 Å². The minimum Gasteiger partial charge on any atom is -0.341 e. The lowest BCUT2D eigenvalue weighted by atomic mass is 9.90. The van der Waals surface area contributed by atoms with Gasteiger partial charge in [0.2, 0.25) is 11.8 Å². The zero-order chi connectivity index (χ0) is 18.6. The molecule has 0 atom stereocenters. The van der Waals surface area contributed by atoms with Gasteiger partial charge in [-0.3, -0.25) is 9.59 Å². The van der Waals surface area contributed by atoms with Crippen LogP contribution < -0.4 is 5.32 Å². The third-order valence-corrected chi connectivity index (χ3v) is 4.34. The fourth-order valence-corrected chi connectivity index (χ4v) is 2.74. The minimum atomic E-state index is -1.15. The van der Waals surface area contributed by atoms with Crippen LogP contribution in [0.3, 0.4) is 0 Å². The highest BCUT2D eigenvalue weighted by Gasteiger charge is 2.38. The van der Waals surface area contributed by atoms with Gasteiger partial charge in [-0.25, -0.2) is 0 Å². The molecule has 0 bridgehead atoms. The van der Waals surface area contributed by atoms with E-state index in [1.165, 1.54) is 0 Å². The van der Waals surface area contributed by atoms with E-state index in [0.29, 0.717) is 6.54 Å². The molecule has 25 heavy (non-hydrogen) atoms. The largest absolute Gasteiger partial charge is 0.341 e. The number of carbonyl (C=O) groups is 2. The van der Waals surface area contributed by atoms with Crippen LogP contribution in [0.5, 0.6) is 0 Å². The second-order valence-corrected chi connectivity index (χ2v) is 7.04. The summed E-state index contributed by atoms with van der Waals surface area (Å²) in [4.78, 5) is 27.1. The van der Waals surface area contributed by atoms with E-state index < -0.39 is 5.41 Å². The van der Waals surface area contributed by atoms with Crippen LogP contribution in [0.15, 0.2) is 48.5 Å². The Bertz CT molecular complexity index is 767. The predicted molar refractivity (Wildman–Crippen MR) is 101 cm³/mol. The lowest BCUT2D eigenvalue weighted by molar-refractivity contribution is -0.145. The summed E-state index contributed by atoms with van der Waals surface area (Å²) in [5.74, 6) is -0.511. The van der Waals surface area contributed by atoms with Gasteiger partial charge < -0.3 is 10.2 Å². The van der Waals surface area contributed by atoms with E-state index in [0.717, 1.165) is 22.4 Å². The first-order valence-electron chi connectivity index (χ1n) is 8.40. The Hall–Kier alpha value is -2.62. The van der Waals surface area contributed by atoms with Crippen molar-refractivity contribution in [3.05, 3.63) is 65.2 Å². The average Bonchev–Trinajstić information content (AvgIpc) is 2.57. The first-order valence-corrected chi connectivity index (χ1v) is 8.40. The summed E-state index contributed by atoms with van der Waals surface area (Å²) in [7, 11) is 1.72. The molecule has 0 aromatic heterocycles. The molecular weight excluding hydrogens is 312 g/mol. The number of hydrogen-bond donors (Lipinski definition) is 1. The summed E-state index contributed by atoms with van der Waals surface area (Å²) in [6.07, 6.45) is 0. The molecule has 0 saturated carbocycles. The van der Waals surface area contributed by atoms with Gasteiger partial charge in [0.25, 0.3) is 0 Å². The average molecular weight is 338 g/mol. The standard InChI is InChI=1S/C21H26N2O2/c1-15-11-12-18(16(2)13-15)22-19(24)21(3,4)20(25)23(5)14-17-9-7-6-8-10-17/h6-13H,14H2,1-5H3,(H,22,24). The van der Waals surface area contributed by atoms with Crippen molar-refractivity contribution >= 4 is 17.5 Å². The van der Waals surface area contributed by atoms with Crippen molar-refractivity contribution in [2.45, 2.75) is 34.2 Å². The molecule has 1 N–H and O–H groups in total. The fraction of sp³-hybridized carbons (Fsp3) is 0.333. The minimum absolute atomic E-state index is 0.210. The van der Waals surface area contributed by atoms with Crippen molar-refractivity contribution < 1.29 is 9.59 Å². The Kier molecular flexibility index (Phi) is 5.62. The summed E-state index contributed by atoms with van der Waals surface area (Å²) in [6.45, 7) is 7.74. The number of aryl methyl sites for hydroxylation is 2. The summed E-state index contributed by atoms with van der Waals surface area (Å²) in [5.41, 5.74) is 2.73. The summed E-state index contributed by atoms with van der Waals surface area (Å²) < 4.78 is 0. The molecule has 2 amide bonds. The monoisotopic (exact) mass is 338 g/mol. The number of nitrogens with one attached hydrogen (secondary N) is 1. The van der Waals surface area contributed by atoms with Gasteiger partial charge in [0.15, 0.2) is 0 Å². The van der Waals surface area contributed by atoms with Crippen molar-refractivity contribution in [1.29, 1.82) is 0 Å². The second-order valence-electron chi connectivity index (χ2n) is 7.04. The number of hydrogen-bond acceptors (Lipinski definition) is 2. The maximum absolute atomic E-state index is 12.8. The molecule has 2 aromatic rings. The van der Waals surface area contributed by atoms with Crippen molar-refractivity contribution in [1.82, 2.24) is 4.90 Å². The highest BCUT2D eigenvalue weighted by molar-refractivity contribution is 6.10. The Morgan fingerprint density at radius 1 is 1.04 bits per heavy atom. The first kappa shape index (κ1) is 18.7. The van der Waals surface area contributed by atoms with E-state index in [4.69, 9.17) is 0 Å². The zero-order valence-corrected chi connectivity index (χ0v) is 15.6. The van der Waals surface area contributed by atoms with E-state index in [2.05, 4.69) is 5.32 Å². The Balaban J connectivity index is 2.10. The number of benzene rings is 2. The number of anilines is 1. The molecule has 0 fully saturated rings. The van der Waals surface area contributed by atoms with Crippen molar-refractivity contribution in [3.8, 4) is 0 Å². The molecule has 2 aromatic carbocycles. The fourth-order valence-electron chi connectivity index (χ4n) is 2.74. The Morgan fingerprint density at radius 3 is 2.28 bits per heavy atom. The molecule has 2 rings (SSSR count). The van der Waals surface area contributed by atoms with Gasteiger partial charge >= 0.3 is 0 Å². The van der Waals surface area contributed by atoms with Gasteiger partial charge in [-0.15, -0.1) is 0 Å². The molecule has 4 heteroatoms. The van der Waals surface area contributed by atoms with E-state index in [-0.39, 0.29) is 11.8 Å². The normalized spacial score (nSPS) is 11.1. The van der Waals surface area contributed by atoms with Crippen molar-refractivity contribution in [2.75, 3.05) is 12.4 Å². The summed E-state index contributed by atoms with van der Waals surface area (Å²) in [5, 5.41) is 2.89. The van der Waals surface area contributed by atoms with Crippen molar-refractivity contribution in [2.24, 2.45) is 5.41 Å². The lowest BCUT2D eigenvalue weighted by Crippen LogP contribution is -2.45. The van der Waals surface area contributed by atoms with Gasteiger partial charge in [-0.1, -0.05) is 48.0 Å². The van der Waals surface area contributed by atoms with E-state index in [1.54, 1.807) is 25.8 Å². The Morgan fingerprint density at radius 2 is 1.68 bits per heavy atom. The molecule has 0 spiro atoms. The molecule has 0 unspecified atom stereocenters. The van der Waals surface area contributed by atoms with Gasteiger partial charge in [0.1, 0.15) is 5.41 Å². The van der Waals surface area contributed by atoms with Crippen LogP contribution in [0.1, 0.15) is 30.5 Å². The third-order valence-electron chi connectivity index (χ3n) is 4.34. The van der Waals surface area contributed by atoms with Crippen LogP contribution in [0.25, 0.3) is 0 Å². The van der Waals surface area contributed by atoms with E-state index >= 15 is 0 Å². The number of rotatable bonds is 5. The predicted octanol–water partition coefficient (Wildman–Crippen LogP) is 3.93. The highest BCUT2D eigenvalue weighted by atomic mass is 16.2. The van der Waals surface area contributed by atoms with Crippen LogP contribution in [0.4, 0.5) is 5.69 Å². The molecule has 0 aliphatic rings. The number of carbonyl (C=O) groups excluding carboxylic acids is 2. The van der Waals surface area contributed by atoms with Gasteiger partial charge in [-0.05, 0) is 44.9 Å². The molecule has 132 valence electrons. The molecule has 0 heterocycles. The summed E-state index contributed by atoms with van der Waals surface area (Å²) in [6, 6.07) is 15.6.